The number of rotatable bonds is 9. The van der Waals surface area contributed by atoms with Gasteiger partial charge in [0.05, 0.1) is 0 Å². The molecule has 0 aromatic carbocycles. The lowest BCUT2D eigenvalue weighted by molar-refractivity contribution is -0.127. The van der Waals surface area contributed by atoms with Gasteiger partial charge in [-0.3, -0.25) is 10.1 Å². The summed E-state index contributed by atoms with van der Waals surface area (Å²) in [6, 6.07) is -0.738. The highest BCUT2D eigenvalue weighted by molar-refractivity contribution is 8.13. The van der Waals surface area contributed by atoms with Crippen LogP contribution in [0.2, 0.25) is 0 Å². The molecular weight excluding hydrogens is 336 g/mol. The normalized spacial score (nSPS) is 23.2. The summed E-state index contributed by atoms with van der Waals surface area (Å²) in [6.45, 7) is 7.40. The van der Waals surface area contributed by atoms with Crippen molar-refractivity contribution in [1.29, 1.82) is 0 Å². The topological polar surface area (TPSA) is 65.0 Å². The third-order valence-corrected chi connectivity index (χ3v) is 6.05. The Kier molecular flexibility index (Phi) is 7.59. The van der Waals surface area contributed by atoms with Crippen LogP contribution >= 0.6 is 11.8 Å². The fraction of sp³-hybridized carbons (Fsp3) is 0.833. The second-order valence-corrected chi connectivity index (χ2v) is 8.33. The molecule has 1 N–H and O–H groups in total. The van der Waals surface area contributed by atoms with Crippen LogP contribution in [0.3, 0.4) is 0 Å². The molecular formula is C18H32N4O2S. The van der Waals surface area contributed by atoms with Crippen LogP contribution in [0.25, 0.3) is 0 Å². The number of aliphatic imine (C=N–C) groups is 1. The highest BCUT2D eigenvalue weighted by atomic mass is 32.2. The van der Waals surface area contributed by atoms with E-state index < -0.39 is 6.17 Å². The van der Waals surface area contributed by atoms with Crippen molar-refractivity contribution in [2.75, 3.05) is 19.3 Å². The van der Waals surface area contributed by atoms with Crippen LogP contribution in [0, 0.1) is 5.92 Å². The predicted octanol–water partition coefficient (Wildman–Crippen LogP) is 3.28. The lowest BCUT2D eigenvalue weighted by atomic mass is 10.1. The summed E-state index contributed by atoms with van der Waals surface area (Å²) in [7, 11) is 1.71. The zero-order valence-corrected chi connectivity index (χ0v) is 16.8. The molecule has 25 heavy (non-hydrogen) atoms. The second-order valence-electron chi connectivity index (χ2n) is 7.34. The van der Waals surface area contributed by atoms with Crippen molar-refractivity contribution in [3.63, 3.8) is 0 Å². The summed E-state index contributed by atoms with van der Waals surface area (Å²) in [5.41, 5.74) is 0. The molecule has 2 rings (SSSR count). The maximum atomic E-state index is 12.4. The molecule has 0 aliphatic carbocycles. The van der Waals surface area contributed by atoms with E-state index >= 15 is 0 Å². The van der Waals surface area contributed by atoms with Crippen LogP contribution < -0.4 is 5.32 Å². The first-order chi connectivity index (χ1) is 12.0. The van der Waals surface area contributed by atoms with E-state index in [0.717, 1.165) is 23.9 Å². The number of amidine groups is 1. The first-order valence-corrected chi connectivity index (χ1v) is 10.5. The van der Waals surface area contributed by atoms with Gasteiger partial charge in [0, 0.05) is 19.3 Å². The third kappa shape index (κ3) is 5.12. The van der Waals surface area contributed by atoms with Gasteiger partial charge in [-0.25, -0.2) is 9.79 Å². The summed E-state index contributed by atoms with van der Waals surface area (Å²) in [5, 5.41) is 3.37. The summed E-state index contributed by atoms with van der Waals surface area (Å²) >= 11 is 1.70. The monoisotopic (exact) mass is 368 g/mol. The number of nitrogens with zero attached hydrogens (tertiary/aromatic N) is 3. The number of unbranched alkanes of at least 4 members (excludes halogenated alkanes) is 5. The van der Waals surface area contributed by atoms with Gasteiger partial charge >= 0.3 is 6.03 Å². The number of carbonyl (C=O) groups is 2. The average molecular weight is 369 g/mol. The second kappa shape index (κ2) is 9.46. The van der Waals surface area contributed by atoms with Crippen LogP contribution in [0.1, 0.15) is 59.3 Å². The molecule has 0 aromatic rings. The maximum Gasteiger partial charge on any atom is 0.325 e. The van der Waals surface area contributed by atoms with Crippen molar-refractivity contribution in [2.45, 2.75) is 71.5 Å². The zero-order chi connectivity index (χ0) is 18.4. The summed E-state index contributed by atoms with van der Waals surface area (Å²) in [5.74, 6) is 1.30. The first kappa shape index (κ1) is 20.1. The van der Waals surface area contributed by atoms with Crippen molar-refractivity contribution in [3.8, 4) is 0 Å². The SMILES string of the molecule is CCCCCCCCN1C(SCC(C)C)=NC2C1C(=O)NC(=O)N2C. The number of fused-ring (bicyclic) bond motifs is 1. The Labute approximate surface area is 155 Å². The van der Waals surface area contributed by atoms with Gasteiger partial charge in [0.2, 0.25) is 0 Å². The Hall–Kier alpha value is -1.24. The summed E-state index contributed by atoms with van der Waals surface area (Å²) < 4.78 is 0. The van der Waals surface area contributed by atoms with Crippen molar-refractivity contribution < 1.29 is 9.59 Å². The number of nitrogens with one attached hydrogen (secondary N) is 1. The van der Waals surface area contributed by atoms with Gasteiger partial charge in [0.1, 0.15) is 0 Å². The largest absolute Gasteiger partial charge is 0.336 e. The lowest BCUT2D eigenvalue weighted by Crippen LogP contribution is -2.63. The fourth-order valence-electron chi connectivity index (χ4n) is 3.16. The molecule has 7 heteroatoms. The lowest BCUT2D eigenvalue weighted by Gasteiger charge is -2.36. The molecule has 0 bridgehead atoms. The van der Waals surface area contributed by atoms with Crippen molar-refractivity contribution >= 4 is 28.9 Å². The number of imide groups is 1. The molecule has 2 atom stereocenters. The first-order valence-electron chi connectivity index (χ1n) is 9.50. The Morgan fingerprint density at radius 1 is 1.16 bits per heavy atom. The number of likely N-dealkylation sites (N-methyl/N-ethyl adjacent to an activating group) is 1. The van der Waals surface area contributed by atoms with Gasteiger partial charge in [0.15, 0.2) is 17.4 Å². The molecule has 2 aliphatic heterocycles. The number of amides is 3. The van der Waals surface area contributed by atoms with Crippen molar-refractivity contribution in [1.82, 2.24) is 15.1 Å². The maximum absolute atomic E-state index is 12.4. The molecule has 0 spiro atoms. The predicted molar refractivity (Wildman–Crippen MR) is 104 cm³/mol. The summed E-state index contributed by atoms with van der Waals surface area (Å²) in [4.78, 5) is 32.7. The van der Waals surface area contributed by atoms with E-state index in [9.17, 15) is 9.59 Å². The van der Waals surface area contributed by atoms with Crippen LogP contribution in [-0.4, -0.2) is 58.5 Å². The van der Waals surface area contributed by atoms with E-state index in [2.05, 4.69) is 31.0 Å². The Morgan fingerprint density at radius 2 is 1.84 bits per heavy atom. The molecule has 2 unspecified atom stereocenters. The van der Waals surface area contributed by atoms with E-state index in [1.165, 1.54) is 32.1 Å². The van der Waals surface area contributed by atoms with Crippen molar-refractivity contribution in [3.05, 3.63) is 0 Å². The average Bonchev–Trinajstić information content (AvgIpc) is 2.93. The summed E-state index contributed by atoms with van der Waals surface area (Å²) in [6.07, 6.45) is 6.90. The zero-order valence-electron chi connectivity index (χ0n) is 16.0. The standard InChI is InChI=1S/C18H32N4O2S/c1-5-6-7-8-9-10-11-22-14-15(19-18(22)25-12-13(2)3)21(4)17(24)20-16(14)23/h13-15H,5-12H2,1-4H3,(H,20,23,24). The van der Waals surface area contributed by atoms with E-state index in [4.69, 9.17) is 4.99 Å². The minimum Gasteiger partial charge on any atom is -0.336 e. The van der Waals surface area contributed by atoms with Crippen LogP contribution in [0.15, 0.2) is 4.99 Å². The van der Waals surface area contributed by atoms with Crippen LogP contribution in [-0.2, 0) is 4.79 Å². The van der Waals surface area contributed by atoms with Gasteiger partial charge in [-0.1, -0.05) is 64.6 Å². The quantitative estimate of drug-likeness (QED) is 0.634. The molecule has 0 radical (unpaired) electrons. The highest BCUT2D eigenvalue weighted by Gasteiger charge is 2.48. The number of urea groups is 1. The highest BCUT2D eigenvalue weighted by Crippen LogP contribution is 2.29. The minimum absolute atomic E-state index is 0.219. The fourth-order valence-corrected chi connectivity index (χ4v) is 4.20. The molecule has 1 fully saturated rings. The minimum atomic E-state index is -0.393. The number of carbonyl (C=O) groups excluding carboxylic acids is 2. The molecule has 0 saturated carbocycles. The van der Waals surface area contributed by atoms with E-state index in [0.29, 0.717) is 5.92 Å². The number of hydrogen-bond donors (Lipinski definition) is 1. The van der Waals surface area contributed by atoms with Gasteiger partial charge in [-0.15, -0.1) is 0 Å². The Balaban J connectivity index is 2.00. The molecule has 2 heterocycles. The molecule has 6 nitrogen and oxygen atoms in total. The van der Waals surface area contributed by atoms with E-state index in [1.54, 1.807) is 23.7 Å². The smallest absolute Gasteiger partial charge is 0.325 e. The van der Waals surface area contributed by atoms with E-state index in [-0.39, 0.29) is 18.0 Å². The Bertz CT molecular complexity index is 509. The number of thioether (sulfide) groups is 1. The van der Waals surface area contributed by atoms with Crippen LogP contribution in [0.4, 0.5) is 4.79 Å². The third-order valence-electron chi connectivity index (χ3n) is 4.62. The number of hydrogen-bond acceptors (Lipinski definition) is 5. The van der Waals surface area contributed by atoms with Gasteiger partial charge < -0.3 is 9.80 Å². The molecule has 0 aromatic heterocycles. The molecule has 3 amide bonds. The van der Waals surface area contributed by atoms with Crippen LogP contribution in [0.5, 0.6) is 0 Å². The van der Waals surface area contributed by atoms with E-state index in [1.807, 2.05) is 0 Å². The Morgan fingerprint density at radius 3 is 2.52 bits per heavy atom. The van der Waals surface area contributed by atoms with Gasteiger partial charge in [-0.2, -0.15) is 0 Å². The molecule has 142 valence electrons. The van der Waals surface area contributed by atoms with Crippen molar-refractivity contribution in [2.24, 2.45) is 10.9 Å². The van der Waals surface area contributed by atoms with Gasteiger partial charge in [-0.05, 0) is 12.3 Å². The molecule has 1 saturated heterocycles. The van der Waals surface area contributed by atoms with Gasteiger partial charge in [0.25, 0.3) is 5.91 Å². The molecule has 2 aliphatic rings.